The summed E-state index contributed by atoms with van der Waals surface area (Å²) >= 11 is 0. The Morgan fingerprint density at radius 2 is 2.14 bits per heavy atom. The summed E-state index contributed by atoms with van der Waals surface area (Å²) in [5.41, 5.74) is 4.01. The van der Waals surface area contributed by atoms with Crippen LogP contribution in [0.5, 0.6) is 5.75 Å². The molecule has 5 heteroatoms. The number of benzene rings is 1. The monoisotopic (exact) mass is 299 g/mol. The maximum atomic E-state index is 12.6. The van der Waals surface area contributed by atoms with E-state index in [2.05, 4.69) is 11.2 Å². The predicted molar refractivity (Wildman–Crippen MR) is 84.1 cm³/mol. The Morgan fingerprint density at radius 3 is 2.82 bits per heavy atom. The Balaban J connectivity index is 1.80. The number of carbonyl (C=O) groups is 1. The van der Waals surface area contributed by atoms with Gasteiger partial charge in [-0.1, -0.05) is 6.07 Å². The van der Waals surface area contributed by atoms with E-state index in [0.29, 0.717) is 12.2 Å². The number of aryl methyl sites for hydroxylation is 2. The lowest BCUT2D eigenvalue weighted by atomic mass is 9.99. The van der Waals surface area contributed by atoms with Gasteiger partial charge in [-0.15, -0.1) is 0 Å². The first kappa shape index (κ1) is 14.6. The molecule has 1 amide bonds. The molecule has 116 valence electrons. The fourth-order valence-corrected chi connectivity index (χ4v) is 2.93. The summed E-state index contributed by atoms with van der Waals surface area (Å²) in [7, 11) is 1.67. The van der Waals surface area contributed by atoms with Crippen LogP contribution in [0.4, 0.5) is 0 Å². The summed E-state index contributed by atoms with van der Waals surface area (Å²) in [5.74, 6) is 0.882. The molecule has 0 aliphatic carbocycles. The maximum absolute atomic E-state index is 12.6. The number of ether oxygens (including phenoxy) is 1. The molecule has 0 unspecified atom stereocenters. The van der Waals surface area contributed by atoms with Gasteiger partial charge < -0.3 is 9.64 Å². The van der Waals surface area contributed by atoms with Gasteiger partial charge in [-0.2, -0.15) is 5.10 Å². The summed E-state index contributed by atoms with van der Waals surface area (Å²) in [6.45, 7) is 6.14. The van der Waals surface area contributed by atoms with Crippen molar-refractivity contribution in [2.24, 2.45) is 0 Å². The summed E-state index contributed by atoms with van der Waals surface area (Å²) in [6.07, 6.45) is 0.853. The molecule has 0 atom stereocenters. The van der Waals surface area contributed by atoms with Crippen molar-refractivity contribution in [3.63, 3.8) is 0 Å². The number of hydrogen-bond acceptors (Lipinski definition) is 3. The maximum Gasteiger partial charge on any atom is 0.274 e. The molecule has 1 aromatic heterocycles. The lowest BCUT2D eigenvalue weighted by Gasteiger charge is -2.28. The van der Waals surface area contributed by atoms with Crippen LogP contribution in [0.3, 0.4) is 0 Å². The number of aromatic nitrogens is 2. The van der Waals surface area contributed by atoms with Crippen LogP contribution < -0.4 is 4.74 Å². The average molecular weight is 299 g/mol. The molecule has 5 nitrogen and oxygen atoms in total. The van der Waals surface area contributed by atoms with E-state index in [1.165, 1.54) is 11.1 Å². The van der Waals surface area contributed by atoms with Crippen molar-refractivity contribution >= 4 is 5.91 Å². The number of fused-ring (bicyclic) bond motifs is 1. The first-order valence-electron chi connectivity index (χ1n) is 7.62. The van der Waals surface area contributed by atoms with Gasteiger partial charge >= 0.3 is 0 Å². The van der Waals surface area contributed by atoms with Gasteiger partial charge in [0.1, 0.15) is 5.75 Å². The number of rotatable bonds is 3. The van der Waals surface area contributed by atoms with Gasteiger partial charge in [-0.05, 0) is 49.6 Å². The highest BCUT2D eigenvalue weighted by Crippen LogP contribution is 2.24. The fraction of sp³-hybridized carbons (Fsp3) is 0.412. The lowest BCUT2D eigenvalue weighted by Crippen LogP contribution is -2.36. The van der Waals surface area contributed by atoms with Gasteiger partial charge in [0.15, 0.2) is 5.69 Å². The summed E-state index contributed by atoms with van der Waals surface area (Å²) < 4.78 is 7.12. The van der Waals surface area contributed by atoms with E-state index < -0.39 is 0 Å². The Morgan fingerprint density at radius 1 is 1.32 bits per heavy atom. The van der Waals surface area contributed by atoms with Crippen molar-refractivity contribution in [3.05, 3.63) is 46.8 Å². The van der Waals surface area contributed by atoms with Crippen LogP contribution in [0.25, 0.3) is 0 Å². The fourth-order valence-electron chi connectivity index (χ4n) is 2.93. The van der Waals surface area contributed by atoms with Gasteiger partial charge in [0, 0.05) is 25.3 Å². The van der Waals surface area contributed by atoms with Crippen LogP contribution in [0.2, 0.25) is 0 Å². The molecule has 0 saturated carbocycles. The predicted octanol–water partition coefficient (Wildman–Crippen LogP) is 2.42. The van der Waals surface area contributed by atoms with E-state index in [1.807, 2.05) is 41.6 Å². The number of hydrogen-bond donors (Lipinski definition) is 0. The van der Waals surface area contributed by atoms with Crippen molar-refractivity contribution in [1.82, 2.24) is 14.7 Å². The van der Waals surface area contributed by atoms with E-state index in [4.69, 9.17) is 4.74 Å². The van der Waals surface area contributed by atoms with Crippen LogP contribution in [0.1, 0.15) is 34.2 Å². The molecule has 0 bridgehead atoms. The van der Waals surface area contributed by atoms with Crippen molar-refractivity contribution < 1.29 is 9.53 Å². The quantitative estimate of drug-likeness (QED) is 0.874. The summed E-state index contributed by atoms with van der Waals surface area (Å²) in [4.78, 5) is 14.5. The molecule has 3 rings (SSSR count). The van der Waals surface area contributed by atoms with E-state index in [9.17, 15) is 4.79 Å². The third kappa shape index (κ3) is 2.58. The van der Waals surface area contributed by atoms with Gasteiger partial charge in [-0.3, -0.25) is 9.48 Å². The van der Waals surface area contributed by atoms with Crippen molar-refractivity contribution in [2.75, 3.05) is 13.7 Å². The molecular weight excluding hydrogens is 278 g/mol. The second kappa shape index (κ2) is 5.83. The third-order valence-electron chi connectivity index (χ3n) is 4.21. The highest BCUT2D eigenvalue weighted by atomic mass is 16.5. The van der Waals surface area contributed by atoms with Gasteiger partial charge in [0.05, 0.1) is 7.11 Å². The first-order valence-corrected chi connectivity index (χ1v) is 7.62. The van der Waals surface area contributed by atoms with Crippen LogP contribution in [-0.2, 0) is 19.5 Å². The summed E-state index contributed by atoms with van der Waals surface area (Å²) in [5, 5.41) is 4.39. The molecule has 0 spiro atoms. The molecule has 2 aromatic rings. The largest absolute Gasteiger partial charge is 0.497 e. The molecule has 1 aromatic carbocycles. The Labute approximate surface area is 130 Å². The lowest BCUT2D eigenvalue weighted by molar-refractivity contribution is 0.0727. The van der Waals surface area contributed by atoms with Crippen molar-refractivity contribution in [2.45, 2.75) is 33.4 Å². The van der Waals surface area contributed by atoms with E-state index in [1.54, 1.807) is 7.11 Å². The highest BCUT2D eigenvalue weighted by Gasteiger charge is 2.24. The van der Waals surface area contributed by atoms with Gasteiger partial charge in [-0.25, -0.2) is 0 Å². The number of carbonyl (C=O) groups excluding carboxylic acids is 1. The average Bonchev–Trinajstić information content (AvgIpc) is 2.94. The Kier molecular flexibility index (Phi) is 3.88. The molecule has 2 heterocycles. The van der Waals surface area contributed by atoms with E-state index >= 15 is 0 Å². The molecule has 0 N–H and O–H groups in total. The van der Waals surface area contributed by atoms with Crippen LogP contribution >= 0.6 is 0 Å². The van der Waals surface area contributed by atoms with Gasteiger partial charge in [0.25, 0.3) is 5.91 Å². The highest BCUT2D eigenvalue weighted by molar-refractivity contribution is 5.92. The van der Waals surface area contributed by atoms with Crippen LogP contribution in [-0.4, -0.2) is 34.2 Å². The second-order valence-electron chi connectivity index (χ2n) is 5.60. The minimum absolute atomic E-state index is 0.0109. The normalized spacial score (nSPS) is 13.9. The molecule has 22 heavy (non-hydrogen) atoms. The number of methoxy groups -OCH3 is 1. The van der Waals surface area contributed by atoms with Crippen LogP contribution in [0, 0.1) is 6.92 Å². The molecule has 0 fully saturated rings. The topological polar surface area (TPSA) is 47.4 Å². The number of nitrogens with zero attached hydrogens (tertiary/aromatic N) is 3. The molecule has 0 radical (unpaired) electrons. The zero-order chi connectivity index (χ0) is 15.7. The second-order valence-corrected chi connectivity index (χ2v) is 5.60. The molecule has 1 aliphatic rings. The van der Waals surface area contributed by atoms with Crippen molar-refractivity contribution in [1.29, 1.82) is 0 Å². The molecule has 1 aliphatic heterocycles. The Hall–Kier alpha value is -2.30. The first-order chi connectivity index (χ1) is 10.6. The van der Waals surface area contributed by atoms with Crippen LogP contribution in [0.15, 0.2) is 24.3 Å². The zero-order valence-electron chi connectivity index (χ0n) is 13.3. The Bertz CT molecular complexity index is 706. The third-order valence-corrected chi connectivity index (χ3v) is 4.21. The van der Waals surface area contributed by atoms with Gasteiger partial charge in [0.2, 0.25) is 0 Å². The number of amides is 1. The van der Waals surface area contributed by atoms with E-state index in [-0.39, 0.29) is 5.91 Å². The minimum Gasteiger partial charge on any atom is -0.497 e. The standard InChI is InChI=1S/C17H21N3O2/c1-4-20-12(2)9-16(18-20)17(21)19-8-7-13-10-15(22-3)6-5-14(13)11-19/h5-6,9-10H,4,7-8,11H2,1-3H3. The smallest absolute Gasteiger partial charge is 0.274 e. The minimum atomic E-state index is 0.0109. The summed E-state index contributed by atoms with van der Waals surface area (Å²) in [6, 6.07) is 7.93. The van der Waals surface area contributed by atoms with E-state index in [0.717, 1.165) is 31.0 Å². The molecule has 0 saturated heterocycles. The SMILES string of the molecule is CCn1nc(C(=O)N2CCc3cc(OC)ccc3C2)cc1C. The zero-order valence-corrected chi connectivity index (χ0v) is 13.3. The van der Waals surface area contributed by atoms with Crippen molar-refractivity contribution in [3.8, 4) is 5.75 Å². The molecular formula is C17H21N3O2.